The summed E-state index contributed by atoms with van der Waals surface area (Å²) in [5.41, 5.74) is 2.85. The van der Waals surface area contributed by atoms with Crippen molar-refractivity contribution < 1.29 is 9.53 Å². The fourth-order valence-corrected chi connectivity index (χ4v) is 1.82. The van der Waals surface area contributed by atoms with E-state index in [4.69, 9.17) is 16.3 Å². The molecule has 3 nitrogen and oxygen atoms in total. The van der Waals surface area contributed by atoms with E-state index in [2.05, 4.69) is 5.32 Å². The number of methoxy groups -OCH3 is 1. The third-order valence-corrected chi connectivity index (χ3v) is 2.85. The highest BCUT2D eigenvalue weighted by Crippen LogP contribution is 2.28. The maximum Gasteiger partial charge on any atom is 0.239 e. The minimum absolute atomic E-state index is 0.0128. The fourth-order valence-electron chi connectivity index (χ4n) is 1.76. The number of alkyl halides is 1. The highest BCUT2D eigenvalue weighted by atomic mass is 35.5. The van der Waals surface area contributed by atoms with Crippen molar-refractivity contribution in [3.63, 3.8) is 0 Å². The molecule has 0 bridgehead atoms. The molecule has 94 valence electrons. The van der Waals surface area contributed by atoms with Gasteiger partial charge in [-0.2, -0.15) is 0 Å². The predicted octanol–water partition coefficient (Wildman–Crippen LogP) is 3.27. The van der Waals surface area contributed by atoms with E-state index in [1.807, 2.05) is 32.0 Å². The van der Waals surface area contributed by atoms with Crippen molar-refractivity contribution >= 4 is 23.2 Å². The largest absolute Gasteiger partial charge is 0.377 e. The summed E-state index contributed by atoms with van der Waals surface area (Å²) in [6.45, 7) is 4.02. The molecule has 1 rings (SSSR count). The van der Waals surface area contributed by atoms with Crippen LogP contribution in [0.5, 0.6) is 0 Å². The summed E-state index contributed by atoms with van der Waals surface area (Å²) >= 11 is 5.50. The maximum atomic E-state index is 11.4. The highest BCUT2D eigenvalue weighted by molar-refractivity contribution is 6.29. The first kappa shape index (κ1) is 14.0. The Morgan fingerprint density at radius 1 is 1.53 bits per heavy atom. The molecule has 0 aliphatic heterocycles. The van der Waals surface area contributed by atoms with Gasteiger partial charge in [0.15, 0.2) is 0 Å². The van der Waals surface area contributed by atoms with Crippen LogP contribution in [-0.4, -0.2) is 18.9 Å². The number of anilines is 1. The fraction of sp³-hybridized carbons (Fsp3) is 0.462. The molecule has 1 aromatic rings. The minimum atomic E-state index is -0.204. The second-order valence-electron chi connectivity index (χ2n) is 3.91. The Kier molecular flexibility index (Phi) is 5.45. The molecule has 0 aliphatic carbocycles. The molecule has 1 unspecified atom stereocenters. The molecule has 0 saturated heterocycles. The molecular formula is C13H18ClNO2. The zero-order valence-electron chi connectivity index (χ0n) is 10.4. The molecule has 0 saturated carbocycles. The van der Waals surface area contributed by atoms with Crippen molar-refractivity contribution in [2.75, 3.05) is 18.3 Å². The third-order valence-electron chi connectivity index (χ3n) is 2.61. The summed E-state index contributed by atoms with van der Waals surface area (Å²) in [5.74, 6) is -0.249. The van der Waals surface area contributed by atoms with Crippen LogP contribution in [0.2, 0.25) is 0 Å². The summed E-state index contributed by atoms with van der Waals surface area (Å²) in [6.07, 6.45) is 0.838. The van der Waals surface area contributed by atoms with Crippen LogP contribution in [0.15, 0.2) is 18.2 Å². The summed E-state index contributed by atoms with van der Waals surface area (Å²) < 4.78 is 5.40. The molecule has 0 aromatic heterocycles. The lowest BCUT2D eigenvalue weighted by atomic mass is 10.0. The minimum Gasteiger partial charge on any atom is -0.377 e. The van der Waals surface area contributed by atoms with Crippen molar-refractivity contribution in [1.82, 2.24) is 0 Å². The molecule has 17 heavy (non-hydrogen) atoms. The number of hydrogen-bond donors (Lipinski definition) is 1. The number of rotatable bonds is 5. The molecule has 0 heterocycles. The SMILES string of the molecule is CCC(OC)c1ccc(C)cc1NC(=O)CCl. The molecule has 1 N–H and O–H groups in total. The van der Waals surface area contributed by atoms with Gasteiger partial charge in [-0.25, -0.2) is 0 Å². The molecule has 1 aromatic carbocycles. The van der Waals surface area contributed by atoms with Gasteiger partial charge in [-0.3, -0.25) is 4.79 Å². The molecule has 0 fully saturated rings. The number of benzene rings is 1. The molecule has 0 aliphatic rings. The number of hydrogen-bond acceptors (Lipinski definition) is 2. The van der Waals surface area contributed by atoms with Crippen LogP contribution in [-0.2, 0) is 9.53 Å². The van der Waals surface area contributed by atoms with Gasteiger partial charge in [0.05, 0.1) is 6.10 Å². The topological polar surface area (TPSA) is 38.3 Å². The van der Waals surface area contributed by atoms with Gasteiger partial charge >= 0.3 is 0 Å². The second kappa shape index (κ2) is 6.62. The lowest BCUT2D eigenvalue weighted by molar-refractivity contribution is -0.113. The van der Waals surface area contributed by atoms with Gasteiger partial charge in [0.2, 0.25) is 5.91 Å². The first-order valence-electron chi connectivity index (χ1n) is 5.61. The van der Waals surface area contributed by atoms with Crippen LogP contribution in [0.4, 0.5) is 5.69 Å². The van der Waals surface area contributed by atoms with E-state index in [1.54, 1.807) is 7.11 Å². The number of halogens is 1. The average molecular weight is 256 g/mol. The Morgan fingerprint density at radius 3 is 2.76 bits per heavy atom. The molecule has 0 spiro atoms. The summed E-state index contributed by atoms with van der Waals surface area (Å²) in [7, 11) is 1.67. The number of amides is 1. The Hall–Kier alpha value is -1.06. The van der Waals surface area contributed by atoms with Gasteiger partial charge in [0, 0.05) is 18.4 Å². The number of carbonyl (C=O) groups excluding carboxylic acids is 1. The first-order valence-corrected chi connectivity index (χ1v) is 6.15. The number of nitrogens with one attached hydrogen (secondary N) is 1. The zero-order chi connectivity index (χ0) is 12.8. The van der Waals surface area contributed by atoms with E-state index in [1.165, 1.54) is 0 Å². The molecule has 0 radical (unpaired) electrons. The Labute approximate surface area is 107 Å². The number of ether oxygens (including phenoxy) is 1. The van der Waals surface area contributed by atoms with Crippen molar-refractivity contribution in [2.24, 2.45) is 0 Å². The van der Waals surface area contributed by atoms with Gasteiger partial charge in [0.1, 0.15) is 5.88 Å². The van der Waals surface area contributed by atoms with E-state index in [0.29, 0.717) is 0 Å². The smallest absolute Gasteiger partial charge is 0.239 e. The van der Waals surface area contributed by atoms with Crippen molar-refractivity contribution in [1.29, 1.82) is 0 Å². The van der Waals surface area contributed by atoms with Gasteiger partial charge < -0.3 is 10.1 Å². The lowest BCUT2D eigenvalue weighted by Crippen LogP contribution is -2.15. The molecule has 1 amide bonds. The molecular weight excluding hydrogens is 238 g/mol. The summed E-state index contributed by atoms with van der Waals surface area (Å²) in [5, 5.41) is 2.80. The van der Waals surface area contributed by atoms with Crippen molar-refractivity contribution in [2.45, 2.75) is 26.4 Å². The lowest BCUT2D eigenvalue weighted by Gasteiger charge is -2.18. The van der Waals surface area contributed by atoms with Crippen LogP contribution < -0.4 is 5.32 Å². The number of aryl methyl sites for hydroxylation is 1. The van der Waals surface area contributed by atoms with Crippen LogP contribution in [0, 0.1) is 6.92 Å². The number of carbonyl (C=O) groups is 1. The van der Waals surface area contributed by atoms with Crippen LogP contribution in [0.1, 0.15) is 30.6 Å². The summed E-state index contributed by atoms with van der Waals surface area (Å²) in [4.78, 5) is 11.4. The predicted molar refractivity (Wildman–Crippen MR) is 70.6 cm³/mol. The van der Waals surface area contributed by atoms with E-state index >= 15 is 0 Å². The summed E-state index contributed by atoms with van der Waals surface area (Å²) in [6, 6.07) is 5.92. The van der Waals surface area contributed by atoms with Gasteiger partial charge in [-0.1, -0.05) is 19.1 Å². The van der Waals surface area contributed by atoms with Crippen LogP contribution in [0.3, 0.4) is 0 Å². The zero-order valence-corrected chi connectivity index (χ0v) is 11.2. The quantitative estimate of drug-likeness (QED) is 0.820. The normalized spacial score (nSPS) is 12.2. The molecule has 1 atom stereocenters. The van der Waals surface area contributed by atoms with Gasteiger partial charge in [-0.05, 0) is 25.0 Å². The van der Waals surface area contributed by atoms with Crippen molar-refractivity contribution in [3.05, 3.63) is 29.3 Å². The van der Waals surface area contributed by atoms with E-state index in [9.17, 15) is 4.79 Å². The Bertz CT molecular complexity index is 389. The van der Waals surface area contributed by atoms with E-state index < -0.39 is 0 Å². The Balaban J connectivity index is 3.06. The van der Waals surface area contributed by atoms with Gasteiger partial charge in [-0.15, -0.1) is 11.6 Å². The van der Waals surface area contributed by atoms with Crippen molar-refractivity contribution in [3.8, 4) is 0 Å². The maximum absolute atomic E-state index is 11.4. The monoisotopic (exact) mass is 255 g/mol. The average Bonchev–Trinajstić information content (AvgIpc) is 2.33. The highest BCUT2D eigenvalue weighted by Gasteiger charge is 2.14. The van der Waals surface area contributed by atoms with Crippen LogP contribution in [0.25, 0.3) is 0 Å². The Morgan fingerprint density at radius 2 is 2.24 bits per heavy atom. The van der Waals surface area contributed by atoms with Gasteiger partial charge in [0.25, 0.3) is 0 Å². The van der Waals surface area contributed by atoms with Crippen LogP contribution >= 0.6 is 11.6 Å². The first-order chi connectivity index (χ1) is 8.12. The third kappa shape index (κ3) is 3.72. The van der Waals surface area contributed by atoms with E-state index in [-0.39, 0.29) is 17.9 Å². The molecule has 4 heteroatoms. The van der Waals surface area contributed by atoms with E-state index in [0.717, 1.165) is 23.2 Å². The second-order valence-corrected chi connectivity index (χ2v) is 4.17. The standard InChI is InChI=1S/C13H18ClNO2/c1-4-12(17-3)10-6-5-9(2)7-11(10)15-13(16)8-14/h5-7,12H,4,8H2,1-3H3,(H,15,16).